The lowest BCUT2D eigenvalue weighted by Crippen LogP contribution is -2.49. The first kappa shape index (κ1) is 16.1. The average Bonchev–Trinajstić information content (AvgIpc) is 2.45. The lowest BCUT2D eigenvalue weighted by atomic mass is 10.1. The van der Waals surface area contributed by atoms with E-state index in [1.165, 1.54) is 0 Å². The lowest BCUT2D eigenvalue weighted by Gasteiger charge is -2.39. The molecule has 0 bridgehead atoms. The molecule has 108 valence electrons. The summed E-state index contributed by atoms with van der Waals surface area (Å²) in [5.41, 5.74) is 0. The smallest absolute Gasteiger partial charge is 0.192 e. The molecule has 1 aliphatic rings. The van der Waals surface area contributed by atoms with E-state index in [9.17, 15) is 5.11 Å². The zero-order chi connectivity index (χ0) is 14.1. The first-order chi connectivity index (χ1) is 8.10. The number of nitrogens with one attached hydrogen (secondary N) is 1. The van der Waals surface area contributed by atoms with Crippen LogP contribution in [-0.4, -0.2) is 51.4 Å². The van der Waals surface area contributed by atoms with Crippen LogP contribution in [0.15, 0.2) is 0 Å². The van der Waals surface area contributed by atoms with Crippen LogP contribution in [-0.2, 0) is 9.16 Å². The minimum absolute atomic E-state index is 0.0486. The molecule has 4 atom stereocenters. The van der Waals surface area contributed by atoms with Crippen molar-refractivity contribution in [2.75, 3.05) is 13.6 Å². The van der Waals surface area contributed by atoms with E-state index in [-0.39, 0.29) is 23.4 Å². The Labute approximate surface area is 112 Å². The molecule has 0 saturated carbocycles. The van der Waals surface area contributed by atoms with Gasteiger partial charge in [-0.05, 0) is 32.1 Å². The maximum atomic E-state index is 10.3. The predicted molar refractivity (Wildman–Crippen MR) is 76.3 cm³/mol. The van der Waals surface area contributed by atoms with Gasteiger partial charge in [-0.1, -0.05) is 20.8 Å². The van der Waals surface area contributed by atoms with E-state index in [0.29, 0.717) is 6.54 Å². The fraction of sp³-hybridized carbons (Fsp3) is 1.00. The molecule has 0 aromatic heterocycles. The Morgan fingerprint density at radius 3 is 2.33 bits per heavy atom. The van der Waals surface area contributed by atoms with Gasteiger partial charge >= 0.3 is 0 Å². The molecule has 0 aliphatic carbocycles. The molecule has 4 nitrogen and oxygen atoms in total. The van der Waals surface area contributed by atoms with Gasteiger partial charge in [-0.25, -0.2) is 0 Å². The summed E-state index contributed by atoms with van der Waals surface area (Å²) < 4.78 is 12.1. The molecule has 2 N–H and O–H groups in total. The zero-order valence-corrected chi connectivity index (χ0v) is 13.8. The molecule has 0 aromatic carbocycles. The van der Waals surface area contributed by atoms with Crippen molar-refractivity contribution in [1.29, 1.82) is 0 Å². The molecule has 1 aliphatic heterocycles. The van der Waals surface area contributed by atoms with Crippen molar-refractivity contribution in [3.63, 3.8) is 0 Å². The highest BCUT2D eigenvalue weighted by Gasteiger charge is 2.47. The van der Waals surface area contributed by atoms with Gasteiger partial charge in [0.2, 0.25) is 0 Å². The molecular weight excluding hydrogens is 246 g/mol. The minimum atomic E-state index is -1.87. The van der Waals surface area contributed by atoms with Crippen LogP contribution in [0.5, 0.6) is 0 Å². The summed E-state index contributed by atoms with van der Waals surface area (Å²) in [7, 11) is -0.00263. The summed E-state index contributed by atoms with van der Waals surface area (Å²) in [5.74, 6) is 0. The number of hydrogen-bond donors (Lipinski definition) is 2. The van der Waals surface area contributed by atoms with Crippen LogP contribution in [0.3, 0.4) is 0 Å². The first-order valence-electron chi connectivity index (χ1n) is 6.76. The topological polar surface area (TPSA) is 50.7 Å². The van der Waals surface area contributed by atoms with Gasteiger partial charge in [0.1, 0.15) is 6.10 Å². The fourth-order valence-electron chi connectivity index (χ4n) is 1.98. The molecule has 1 saturated heterocycles. The SMILES string of the molecule is CNC[C@H]1O[C@@H](C)C(O[Si](C)(C)C(C)(C)C)[C@H]1O. The van der Waals surface area contributed by atoms with Gasteiger partial charge in [-0.2, -0.15) is 0 Å². The van der Waals surface area contributed by atoms with E-state index < -0.39 is 14.4 Å². The summed E-state index contributed by atoms with van der Waals surface area (Å²) in [5, 5.41) is 13.5. The number of aliphatic hydroxyl groups is 1. The van der Waals surface area contributed by atoms with E-state index in [4.69, 9.17) is 9.16 Å². The van der Waals surface area contributed by atoms with Crippen molar-refractivity contribution in [3.05, 3.63) is 0 Å². The summed E-state index contributed by atoms with van der Waals surface area (Å²) >= 11 is 0. The van der Waals surface area contributed by atoms with E-state index in [1.54, 1.807) is 0 Å². The molecule has 1 rings (SSSR count). The van der Waals surface area contributed by atoms with Crippen LogP contribution in [0.4, 0.5) is 0 Å². The molecule has 0 aromatic rings. The number of hydrogen-bond acceptors (Lipinski definition) is 4. The van der Waals surface area contributed by atoms with Crippen LogP contribution in [0.25, 0.3) is 0 Å². The Morgan fingerprint density at radius 1 is 1.33 bits per heavy atom. The molecule has 0 radical (unpaired) electrons. The minimum Gasteiger partial charge on any atom is -0.409 e. The third-order valence-electron chi connectivity index (χ3n) is 4.21. The second kappa shape index (κ2) is 5.59. The molecule has 1 unspecified atom stereocenters. The standard InChI is InChI=1S/C13H29NO3Si/c1-9-12(11(15)10(16-9)8-14-5)17-18(6,7)13(2,3)4/h9-12,14-15H,8H2,1-7H3/t9-,10+,11-,12?/m0/s1. The summed E-state index contributed by atoms with van der Waals surface area (Å²) in [6.07, 6.45) is -0.960. The van der Waals surface area contributed by atoms with Crippen molar-refractivity contribution >= 4 is 8.32 Å². The molecule has 18 heavy (non-hydrogen) atoms. The van der Waals surface area contributed by atoms with Gasteiger partial charge in [-0.15, -0.1) is 0 Å². The zero-order valence-electron chi connectivity index (χ0n) is 12.8. The van der Waals surface area contributed by atoms with Gasteiger partial charge < -0.3 is 19.6 Å². The molecular formula is C13H29NO3Si. The van der Waals surface area contributed by atoms with E-state index in [2.05, 4.69) is 39.2 Å². The maximum Gasteiger partial charge on any atom is 0.192 e. The van der Waals surface area contributed by atoms with Crippen molar-refractivity contribution in [2.24, 2.45) is 0 Å². The van der Waals surface area contributed by atoms with Crippen LogP contribution < -0.4 is 5.32 Å². The summed E-state index contributed by atoms with van der Waals surface area (Å²) in [6.45, 7) is 13.7. The average molecular weight is 275 g/mol. The van der Waals surface area contributed by atoms with Crippen LogP contribution in [0.1, 0.15) is 27.7 Å². The Morgan fingerprint density at radius 2 is 1.89 bits per heavy atom. The van der Waals surface area contributed by atoms with Crippen molar-refractivity contribution in [2.45, 2.75) is 70.2 Å². The van der Waals surface area contributed by atoms with Gasteiger partial charge in [0.15, 0.2) is 8.32 Å². The van der Waals surface area contributed by atoms with Crippen molar-refractivity contribution in [3.8, 4) is 0 Å². The number of aliphatic hydroxyl groups excluding tert-OH is 1. The molecule has 1 heterocycles. The third-order valence-corrected chi connectivity index (χ3v) is 8.69. The third kappa shape index (κ3) is 3.33. The lowest BCUT2D eigenvalue weighted by molar-refractivity contribution is 0.0182. The highest BCUT2D eigenvalue weighted by molar-refractivity contribution is 6.74. The van der Waals surface area contributed by atoms with Gasteiger partial charge in [-0.3, -0.25) is 0 Å². The second-order valence-electron chi connectivity index (χ2n) is 6.77. The quantitative estimate of drug-likeness (QED) is 0.768. The molecule has 0 spiro atoms. The number of likely N-dealkylation sites (N-methyl/N-ethyl adjacent to an activating group) is 1. The van der Waals surface area contributed by atoms with Crippen LogP contribution in [0.2, 0.25) is 18.1 Å². The Balaban J connectivity index is 2.73. The van der Waals surface area contributed by atoms with Crippen molar-refractivity contribution in [1.82, 2.24) is 5.32 Å². The first-order valence-corrected chi connectivity index (χ1v) is 9.67. The normalized spacial score (nSPS) is 34.0. The number of ether oxygens (including phenoxy) is 1. The van der Waals surface area contributed by atoms with Crippen LogP contribution >= 0.6 is 0 Å². The van der Waals surface area contributed by atoms with Gasteiger partial charge in [0.05, 0.1) is 18.3 Å². The summed E-state index contributed by atoms with van der Waals surface area (Å²) in [4.78, 5) is 0. The molecule has 1 fully saturated rings. The van der Waals surface area contributed by atoms with Gasteiger partial charge in [0.25, 0.3) is 0 Å². The Bertz CT molecular complexity index is 278. The van der Waals surface area contributed by atoms with E-state index in [1.807, 2.05) is 14.0 Å². The predicted octanol–water partition coefficient (Wildman–Crippen LogP) is 1.74. The highest BCUT2D eigenvalue weighted by Crippen LogP contribution is 2.39. The van der Waals surface area contributed by atoms with E-state index >= 15 is 0 Å². The van der Waals surface area contributed by atoms with Gasteiger partial charge in [0, 0.05) is 6.54 Å². The largest absolute Gasteiger partial charge is 0.409 e. The Kier molecular flexibility index (Phi) is 5.00. The Hall–Kier alpha value is 0.0569. The van der Waals surface area contributed by atoms with Crippen molar-refractivity contribution < 1.29 is 14.3 Å². The second-order valence-corrected chi connectivity index (χ2v) is 11.5. The monoisotopic (exact) mass is 275 g/mol. The summed E-state index contributed by atoms with van der Waals surface area (Å²) in [6, 6.07) is 0. The highest BCUT2D eigenvalue weighted by atomic mass is 28.4. The number of rotatable bonds is 4. The maximum absolute atomic E-state index is 10.3. The molecule has 5 heteroatoms. The molecule has 0 amide bonds. The van der Waals surface area contributed by atoms with Crippen LogP contribution in [0, 0.1) is 0 Å². The van der Waals surface area contributed by atoms with E-state index in [0.717, 1.165) is 0 Å². The fourth-order valence-corrected chi connectivity index (χ4v) is 3.34.